The Bertz CT molecular complexity index is 797. The minimum absolute atomic E-state index is 0.0783. The van der Waals surface area contributed by atoms with E-state index in [1.54, 1.807) is 0 Å². The number of benzene rings is 1. The van der Waals surface area contributed by atoms with E-state index in [2.05, 4.69) is 34.5 Å². The van der Waals surface area contributed by atoms with Crippen LogP contribution in [0.2, 0.25) is 0 Å². The molecule has 2 unspecified atom stereocenters. The van der Waals surface area contributed by atoms with Crippen molar-refractivity contribution in [3.63, 3.8) is 0 Å². The quantitative estimate of drug-likeness (QED) is 0.810. The second-order valence-electron chi connectivity index (χ2n) is 10.5. The Kier molecular flexibility index (Phi) is 4.80. The first-order chi connectivity index (χ1) is 14.7. The Morgan fingerprint density at radius 2 is 1.83 bits per heavy atom. The largest absolute Gasteiger partial charge is 0.378 e. The molecule has 5 aliphatic rings. The summed E-state index contributed by atoms with van der Waals surface area (Å²) in [5, 5.41) is 3.38. The average molecular weight is 410 g/mol. The van der Waals surface area contributed by atoms with Gasteiger partial charge in [-0.1, -0.05) is 30.7 Å². The molecule has 2 bridgehead atoms. The molecule has 4 atom stereocenters. The van der Waals surface area contributed by atoms with Gasteiger partial charge in [-0.2, -0.15) is 0 Å². The predicted octanol–water partition coefficient (Wildman–Crippen LogP) is 3.70. The van der Waals surface area contributed by atoms with E-state index in [1.807, 2.05) is 4.90 Å². The van der Waals surface area contributed by atoms with Gasteiger partial charge in [0.05, 0.1) is 19.3 Å². The van der Waals surface area contributed by atoms with Crippen LogP contribution < -0.4 is 5.32 Å². The number of morpholine rings is 1. The van der Waals surface area contributed by atoms with Gasteiger partial charge >= 0.3 is 6.03 Å². The number of amides is 2. The molecule has 5 heteroatoms. The summed E-state index contributed by atoms with van der Waals surface area (Å²) in [5.41, 5.74) is 3.10. The number of fused-ring (bicyclic) bond motifs is 4. The van der Waals surface area contributed by atoms with E-state index in [0.29, 0.717) is 26.3 Å². The lowest BCUT2D eigenvalue weighted by molar-refractivity contribution is 0.0518. The van der Waals surface area contributed by atoms with Crippen LogP contribution in [0.4, 0.5) is 4.79 Å². The van der Waals surface area contributed by atoms with Gasteiger partial charge in [-0.25, -0.2) is 4.79 Å². The summed E-state index contributed by atoms with van der Waals surface area (Å²) in [6, 6.07) is 9.99. The molecule has 0 aromatic heterocycles. The van der Waals surface area contributed by atoms with E-state index >= 15 is 0 Å². The third-order valence-corrected chi connectivity index (χ3v) is 9.02. The van der Waals surface area contributed by atoms with Crippen LogP contribution in [0.25, 0.3) is 0 Å². The number of rotatable bonds is 2. The van der Waals surface area contributed by atoms with Crippen molar-refractivity contribution in [2.24, 2.45) is 11.8 Å². The molecule has 1 aromatic carbocycles. The number of nitrogens with one attached hydrogen (secondary N) is 1. The van der Waals surface area contributed by atoms with Crippen LogP contribution in [0, 0.1) is 11.8 Å². The van der Waals surface area contributed by atoms with Crippen molar-refractivity contribution < 1.29 is 9.53 Å². The van der Waals surface area contributed by atoms with Crippen LogP contribution >= 0.6 is 0 Å². The fourth-order valence-corrected chi connectivity index (χ4v) is 7.45. The highest BCUT2D eigenvalue weighted by atomic mass is 16.5. The predicted molar refractivity (Wildman–Crippen MR) is 116 cm³/mol. The number of piperidine rings is 1. The Hall–Kier alpha value is -1.59. The Morgan fingerprint density at radius 1 is 1.03 bits per heavy atom. The maximum absolute atomic E-state index is 12.9. The number of hydrogen-bond acceptors (Lipinski definition) is 3. The van der Waals surface area contributed by atoms with Gasteiger partial charge in [0.15, 0.2) is 0 Å². The monoisotopic (exact) mass is 409 g/mol. The van der Waals surface area contributed by atoms with Gasteiger partial charge in [0.1, 0.15) is 0 Å². The third-order valence-electron chi connectivity index (χ3n) is 9.02. The lowest BCUT2D eigenvalue weighted by atomic mass is 9.73. The van der Waals surface area contributed by atoms with Gasteiger partial charge in [0.25, 0.3) is 0 Å². The summed E-state index contributed by atoms with van der Waals surface area (Å²) >= 11 is 0. The normalized spacial score (nSPS) is 35.0. The summed E-state index contributed by atoms with van der Waals surface area (Å²) in [7, 11) is 0. The molecule has 0 radical (unpaired) electrons. The van der Waals surface area contributed by atoms with Gasteiger partial charge in [0, 0.05) is 24.5 Å². The first-order valence-corrected chi connectivity index (χ1v) is 12.2. The SMILES string of the molecule is O=C(N[C@H]1CC2(CCN(C3CC4CC[C@@H]3C4)CC2)c2ccccc21)N1CCOCC1. The molecule has 4 fully saturated rings. The molecule has 3 aliphatic carbocycles. The Labute approximate surface area is 180 Å². The molecular weight excluding hydrogens is 374 g/mol. The number of likely N-dealkylation sites (tertiary alicyclic amines) is 1. The van der Waals surface area contributed by atoms with Crippen molar-refractivity contribution in [1.29, 1.82) is 0 Å². The van der Waals surface area contributed by atoms with Gasteiger partial charge in [0.2, 0.25) is 0 Å². The van der Waals surface area contributed by atoms with Crippen LogP contribution in [0.5, 0.6) is 0 Å². The second-order valence-corrected chi connectivity index (χ2v) is 10.5. The molecule has 162 valence electrons. The summed E-state index contributed by atoms with van der Waals surface area (Å²) < 4.78 is 5.41. The number of ether oxygens (including phenoxy) is 1. The summed E-state index contributed by atoms with van der Waals surface area (Å²) in [4.78, 5) is 17.6. The molecule has 1 N–H and O–H groups in total. The Morgan fingerprint density at radius 3 is 2.57 bits per heavy atom. The van der Waals surface area contributed by atoms with Crippen LogP contribution in [-0.4, -0.2) is 61.3 Å². The van der Waals surface area contributed by atoms with Crippen LogP contribution in [-0.2, 0) is 10.2 Å². The summed E-state index contributed by atoms with van der Waals surface area (Å²) in [5.74, 6) is 1.99. The molecule has 2 saturated carbocycles. The van der Waals surface area contributed by atoms with Crippen molar-refractivity contribution in [1.82, 2.24) is 15.1 Å². The summed E-state index contributed by atoms with van der Waals surface area (Å²) in [6.07, 6.45) is 9.43. The third kappa shape index (κ3) is 3.16. The van der Waals surface area contributed by atoms with Gasteiger partial charge < -0.3 is 19.9 Å². The van der Waals surface area contributed by atoms with Crippen LogP contribution in [0.3, 0.4) is 0 Å². The van der Waals surface area contributed by atoms with E-state index in [0.717, 1.165) is 24.3 Å². The van der Waals surface area contributed by atoms with E-state index in [1.165, 1.54) is 62.7 Å². The van der Waals surface area contributed by atoms with E-state index in [9.17, 15) is 4.79 Å². The fraction of sp³-hybridized carbons (Fsp3) is 0.720. The van der Waals surface area contributed by atoms with E-state index < -0.39 is 0 Å². The molecule has 2 amide bonds. The van der Waals surface area contributed by atoms with Crippen molar-refractivity contribution >= 4 is 6.03 Å². The topological polar surface area (TPSA) is 44.8 Å². The zero-order valence-corrected chi connectivity index (χ0v) is 18.0. The molecule has 5 nitrogen and oxygen atoms in total. The average Bonchev–Trinajstić information content (AvgIpc) is 3.50. The zero-order valence-electron chi connectivity index (χ0n) is 18.0. The number of hydrogen-bond donors (Lipinski definition) is 1. The highest BCUT2D eigenvalue weighted by Crippen LogP contribution is 2.53. The van der Waals surface area contributed by atoms with Gasteiger partial charge in [-0.3, -0.25) is 0 Å². The number of carbonyl (C=O) groups excluding carboxylic acids is 1. The molecule has 30 heavy (non-hydrogen) atoms. The maximum atomic E-state index is 12.9. The van der Waals surface area contributed by atoms with E-state index in [-0.39, 0.29) is 17.5 Å². The van der Waals surface area contributed by atoms with Crippen LogP contribution in [0.15, 0.2) is 24.3 Å². The van der Waals surface area contributed by atoms with E-state index in [4.69, 9.17) is 4.74 Å². The molecule has 2 heterocycles. The van der Waals surface area contributed by atoms with Crippen molar-refractivity contribution in [3.8, 4) is 0 Å². The molecule has 1 spiro atoms. The second kappa shape index (κ2) is 7.52. The number of carbonyl (C=O) groups is 1. The van der Waals surface area contributed by atoms with Crippen molar-refractivity contribution in [2.75, 3.05) is 39.4 Å². The smallest absolute Gasteiger partial charge is 0.318 e. The van der Waals surface area contributed by atoms with Gasteiger partial charge in [-0.05, 0) is 74.6 Å². The van der Waals surface area contributed by atoms with Crippen molar-refractivity contribution in [3.05, 3.63) is 35.4 Å². The summed E-state index contributed by atoms with van der Waals surface area (Å²) in [6.45, 7) is 5.15. The number of nitrogens with zero attached hydrogens (tertiary/aromatic N) is 2. The zero-order chi connectivity index (χ0) is 20.1. The molecule has 6 rings (SSSR count). The van der Waals surface area contributed by atoms with Gasteiger partial charge in [-0.15, -0.1) is 0 Å². The highest BCUT2D eigenvalue weighted by molar-refractivity contribution is 5.75. The standard InChI is InChI=1S/C25H35N3O2/c29-24(28-11-13-30-14-12-28)26-22-17-25(21-4-2-1-3-20(21)22)7-9-27(10-8-25)23-16-18-5-6-19(23)15-18/h1-4,18-19,22-23H,5-17H2,(H,26,29)/t18?,19-,22+,23?/m1/s1. The molecular formula is C25H35N3O2. The van der Waals surface area contributed by atoms with Crippen LogP contribution in [0.1, 0.15) is 62.1 Å². The van der Waals surface area contributed by atoms with Crippen molar-refractivity contribution in [2.45, 2.75) is 62.4 Å². The minimum Gasteiger partial charge on any atom is -0.378 e. The Balaban J connectivity index is 1.16. The minimum atomic E-state index is 0.0783. The molecule has 2 aliphatic heterocycles. The lowest BCUT2D eigenvalue weighted by Gasteiger charge is -2.44. The maximum Gasteiger partial charge on any atom is 0.318 e. The fourth-order valence-electron chi connectivity index (χ4n) is 7.45. The molecule has 2 saturated heterocycles. The first kappa shape index (κ1) is 19.1. The first-order valence-electron chi connectivity index (χ1n) is 12.2. The lowest BCUT2D eigenvalue weighted by Crippen LogP contribution is -2.49. The highest BCUT2D eigenvalue weighted by Gasteiger charge is 2.49. The number of urea groups is 1. The molecule has 1 aromatic rings.